The summed E-state index contributed by atoms with van der Waals surface area (Å²) in [5.74, 6) is -0.879. The molecule has 0 aliphatic carbocycles. The Kier molecular flexibility index (Phi) is 5.49. The van der Waals surface area contributed by atoms with Gasteiger partial charge in [-0.25, -0.2) is 8.42 Å². The zero-order valence-corrected chi connectivity index (χ0v) is 13.9. The summed E-state index contributed by atoms with van der Waals surface area (Å²) in [4.78, 5) is 11.8. The van der Waals surface area contributed by atoms with Gasteiger partial charge in [0.2, 0.25) is 15.9 Å². The van der Waals surface area contributed by atoms with Crippen LogP contribution in [0, 0.1) is 0 Å². The average Bonchev–Trinajstić information content (AvgIpc) is 2.94. The van der Waals surface area contributed by atoms with Gasteiger partial charge in [0.05, 0.1) is 10.8 Å². The minimum atomic E-state index is -4.55. The lowest BCUT2D eigenvalue weighted by atomic mass is 10.3. The fraction of sp³-hybridized carbons (Fsp3) is 0.417. The molecule has 2 rings (SSSR count). The topological polar surface area (TPSA) is 66.5 Å². The fourth-order valence-corrected chi connectivity index (χ4v) is 5.19. The molecule has 1 aromatic rings. The number of carbonyl (C=O) groups excluding carboxylic acids is 1. The quantitative estimate of drug-likeness (QED) is 0.857. The van der Waals surface area contributed by atoms with Crippen molar-refractivity contribution in [2.45, 2.75) is 17.1 Å². The van der Waals surface area contributed by atoms with Crippen LogP contribution in [0.4, 0.5) is 13.2 Å². The monoisotopic (exact) mass is 388 g/mol. The molecule has 1 amide bonds. The molecule has 1 aromatic carbocycles. The summed E-state index contributed by atoms with van der Waals surface area (Å²) in [5.41, 5.74) is 0. The number of benzene rings is 1. The molecule has 23 heavy (non-hydrogen) atoms. The number of hydrogen-bond acceptors (Lipinski definition) is 4. The summed E-state index contributed by atoms with van der Waals surface area (Å²) < 4.78 is 62.5. The second-order valence-electron chi connectivity index (χ2n) is 4.69. The van der Waals surface area contributed by atoms with Crippen LogP contribution in [0.2, 0.25) is 5.02 Å². The Balaban J connectivity index is 2.17. The molecule has 1 saturated heterocycles. The summed E-state index contributed by atoms with van der Waals surface area (Å²) in [5, 5.41) is 2.07. The molecule has 1 heterocycles. The molecule has 0 bridgehead atoms. The summed E-state index contributed by atoms with van der Waals surface area (Å²) in [6, 6.07) is 4.16. The predicted molar refractivity (Wildman–Crippen MR) is 80.7 cm³/mol. The molecule has 0 saturated carbocycles. The summed E-state index contributed by atoms with van der Waals surface area (Å²) in [6.45, 7) is -1.50. The number of hydrogen-bond donors (Lipinski definition) is 1. The van der Waals surface area contributed by atoms with Crippen molar-refractivity contribution < 1.29 is 26.4 Å². The number of carbonyl (C=O) groups is 1. The van der Waals surface area contributed by atoms with Crippen LogP contribution in [0.25, 0.3) is 0 Å². The lowest BCUT2D eigenvalue weighted by molar-refractivity contribution is -0.140. The van der Waals surface area contributed by atoms with Crippen molar-refractivity contribution in [1.29, 1.82) is 0 Å². The Bertz CT molecular complexity index is 680. The minimum absolute atomic E-state index is 0.00490. The zero-order valence-electron chi connectivity index (χ0n) is 11.5. The van der Waals surface area contributed by atoms with Crippen molar-refractivity contribution in [2.75, 3.05) is 18.2 Å². The van der Waals surface area contributed by atoms with Gasteiger partial charge < -0.3 is 5.32 Å². The van der Waals surface area contributed by atoms with Gasteiger partial charge in [0.15, 0.2) is 0 Å². The third-order valence-corrected chi connectivity index (χ3v) is 6.32. The molecule has 1 unspecified atom stereocenters. The average molecular weight is 389 g/mol. The Labute approximate surface area is 140 Å². The van der Waals surface area contributed by atoms with Gasteiger partial charge in [-0.1, -0.05) is 11.6 Å². The van der Waals surface area contributed by atoms with Gasteiger partial charge in [0, 0.05) is 10.8 Å². The Morgan fingerprint density at radius 1 is 1.35 bits per heavy atom. The highest BCUT2D eigenvalue weighted by Crippen LogP contribution is 2.29. The van der Waals surface area contributed by atoms with E-state index in [4.69, 9.17) is 11.6 Å². The molecule has 0 spiro atoms. The minimum Gasteiger partial charge on any atom is -0.346 e. The van der Waals surface area contributed by atoms with Crippen molar-refractivity contribution >= 4 is 39.3 Å². The Morgan fingerprint density at radius 3 is 2.52 bits per heavy atom. The molecular weight excluding hydrogens is 377 g/mol. The smallest absolute Gasteiger partial charge is 0.346 e. The largest absolute Gasteiger partial charge is 0.405 e. The van der Waals surface area contributed by atoms with E-state index in [0.717, 1.165) is 16.1 Å². The maximum Gasteiger partial charge on any atom is 0.405 e. The number of amides is 1. The molecule has 1 atom stereocenters. The van der Waals surface area contributed by atoms with Gasteiger partial charge in [-0.3, -0.25) is 4.79 Å². The lowest BCUT2D eigenvalue weighted by Crippen LogP contribution is -2.49. The molecule has 1 N–H and O–H groups in total. The van der Waals surface area contributed by atoms with E-state index >= 15 is 0 Å². The van der Waals surface area contributed by atoms with Gasteiger partial charge in [0.25, 0.3) is 0 Å². The van der Waals surface area contributed by atoms with E-state index in [1.54, 1.807) is 5.32 Å². The number of alkyl halides is 3. The first kappa shape index (κ1) is 18.4. The highest BCUT2D eigenvalue weighted by molar-refractivity contribution is 8.00. The molecular formula is C12H12ClF3N2O3S2. The predicted octanol–water partition coefficient (Wildman–Crippen LogP) is 2.08. The Hall–Kier alpha value is -0.970. The highest BCUT2D eigenvalue weighted by atomic mass is 35.5. The van der Waals surface area contributed by atoms with E-state index < -0.39 is 34.7 Å². The number of halogens is 4. The number of nitrogens with zero attached hydrogens (tertiary/aromatic N) is 1. The van der Waals surface area contributed by atoms with E-state index in [9.17, 15) is 26.4 Å². The summed E-state index contributed by atoms with van der Waals surface area (Å²) in [6.07, 6.45) is -4.55. The van der Waals surface area contributed by atoms with Crippen LogP contribution in [0.3, 0.4) is 0 Å². The van der Waals surface area contributed by atoms with Gasteiger partial charge in [-0.05, 0) is 24.3 Å². The molecule has 128 valence electrons. The standard InChI is InChI=1S/C12H12ClF3N2O3S2/c13-8-1-3-9(4-2-8)23(20,21)18-7-22-5-10(18)11(19)17-6-12(14,15)16/h1-4,10H,5-7H2,(H,17,19). The molecule has 11 heteroatoms. The lowest BCUT2D eigenvalue weighted by Gasteiger charge is -2.22. The molecule has 1 aliphatic heterocycles. The first-order valence-electron chi connectivity index (χ1n) is 6.31. The van der Waals surface area contributed by atoms with Crippen molar-refractivity contribution in [3.8, 4) is 0 Å². The van der Waals surface area contributed by atoms with E-state index in [1.165, 1.54) is 24.3 Å². The fourth-order valence-electron chi connectivity index (χ4n) is 1.92. The van der Waals surface area contributed by atoms with E-state index in [1.807, 2.05) is 0 Å². The van der Waals surface area contributed by atoms with E-state index in [-0.39, 0.29) is 16.5 Å². The van der Waals surface area contributed by atoms with Crippen LogP contribution in [0.5, 0.6) is 0 Å². The second-order valence-corrected chi connectivity index (χ2v) is 8.02. The number of nitrogens with one attached hydrogen (secondary N) is 1. The van der Waals surface area contributed by atoms with Crippen LogP contribution in [-0.4, -0.2) is 49.0 Å². The van der Waals surface area contributed by atoms with Gasteiger partial charge in [-0.2, -0.15) is 17.5 Å². The normalized spacial score (nSPS) is 19.7. The summed E-state index contributed by atoms with van der Waals surface area (Å²) >= 11 is 6.86. The van der Waals surface area contributed by atoms with Crippen LogP contribution in [0.1, 0.15) is 0 Å². The van der Waals surface area contributed by atoms with Gasteiger partial charge in [0.1, 0.15) is 12.6 Å². The molecule has 0 aromatic heterocycles. The third kappa shape index (κ3) is 4.52. The number of sulfonamides is 1. The van der Waals surface area contributed by atoms with E-state index in [2.05, 4.69) is 0 Å². The second kappa shape index (κ2) is 6.88. The Morgan fingerprint density at radius 2 is 1.96 bits per heavy atom. The van der Waals surface area contributed by atoms with Crippen molar-refractivity contribution in [2.24, 2.45) is 0 Å². The van der Waals surface area contributed by atoms with Crippen molar-refractivity contribution in [3.05, 3.63) is 29.3 Å². The third-order valence-electron chi connectivity index (χ3n) is 3.03. The maximum absolute atomic E-state index is 12.5. The first-order valence-corrected chi connectivity index (χ1v) is 9.28. The number of thioether (sulfide) groups is 1. The molecule has 0 radical (unpaired) electrons. The first-order chi connectivity index (χ1) is 10.6. The van der Waals surface area contributed by atoms with Gasteiger partial charge >= 0.3 is 6.18 Å². The molecule has 1 fully saturated rings. The van der Waals surface area contributed by atoms with Crippen molar-refractivity contribution in [3.63, 3.8) is 0 Å². The van der Waals surface area contributed by atoms with Crippen LogP contribution >= 0.6 is 23.4 Å². The number of rotatable bonds is 4. The summed E-state index contributed by atoms with van der Waals surface area (Å²) in [7, 11) is -3.99. The van der Waals surface area contributed by atoms with Crippen LogP contribution < -0.4 is 5.32 Å². The van der Waals surface area contributed by atoms with Gasteiger partial charge in [-0.15, -0.1) is 11.8 Å². The van der Waals surface area contributed by atoms with Crippen molar-refractivity contribution in [1.82, 2.24) is 9.62 Å². The molecule has 5 nitrogen and oxygen atoms in total. The van der Waals surface area contributed by atoms with Crippen LogP contribution in [0.15, 0.2) is 29.2 Å². The SMILES string of the molecule is O=C(NCC(F)(F)F)C1CSCN1S(=O)(=O)c1ccc(Cl)cc1. The zero-order chi connectivity index (χ0) is 17.3. The van der Waals surface area contributed by atoms with Crippen LogP contribution in [-0.2, 0) is 14.8 Å². The van der Waals surface area contributed by atoms with E-state index in [0.29, 0.717) is 5.02 Å². The maximum atomic E-state index is 12.5. The highest BCUT2D eigenvalue weighted by Gasteiger charge is 2.41. The molecule has 1 aliphatic rings.